The lowest BCUT2D eigenvalue weighted by molar-refractivity contribution is -0.167. The van der Waals surface area contributed by atoms with Crippen LogP contribution in [-0.4, -0.2) is 37.2 Å². The summed E-state index contributed by atoms with van der Waals surface area (Å²) in [5.74, 6) is -0.917. The van der Waals surface area contributed by atoms with Crippen LogP contribution in [0, 0.1) is 0 Å². The van der Waals surface area contributed by atoms with Crippen molar-refractivity contribution < 1.29 is 28.6 Å². The molecule has 326 valence electrons. The van der Waals surface area contributed by atoms with E-state index < -0.39 is 6.10 Å². The number of esters is 3. The van der Waals surface area contributed by atoms with Crippen LogP contribution < -0.4 is 0 Å². The van der Waals surface area contributed by atoms with Gasteiger partial charge in [0.1, 0.15) is 13.2 Å². The van der Waals surface area contributed by atoms with Crippen molar-refractivity contribution in [2.24, 2.45) is 0 Å². The Morgan fingerprint density at radius 3 is 1.04 bits per heavy atom. The van der Waals surface area contributed by atoms with Crippen LogP contribution in [0.25, 0.3) is 0 Å². The molecule has 0 aliphatic carbocycles. The smallest absolute Gasteiger partial charge is 0.306 e. The van der Waals surface area contributed by atoms with Gasteiger partial charge in [-0.25, -0.2) is 0 Å². The van der Waals surface area contributed by atoms with Crippen LogP contribution >= 0.6 is 0 Å². The Labute approximate surface area is 346 Å². The average Bonchev–Trinajstić information content (AvgIpc) is 3.19. The second-order valence-corrected chi connectivity index (χ2v) is 16.0. The van der Waals surface area contributed by atoms with Crippen molar-refractivity contribution >= 4 is 17.9 Å². The second-order valence-electron chi connectivity index (χ2n) is 16.0. The number of allylic oxidation sites excluding steroid dienone is 6. The molecule has 56 heavy (non-hydrogen) atoms. The number of hydrogen-bond donors (Lipinski definition) is 0. The molecule has 0 unspecified atom stereocenters. The third-order valence-corrected chi connectivity index (χ3v) is 10.4. The summed E-state index contributed by atoms with van der Waals surface area (Å²) in [7, 11) is 0. The molecule has 0 fully saturated rings. The number of carbonyl (C=O) groups excluding carboxylic acids is 3. The maximum Gasteiger partial charge on any atom is 0.306 e. The van der Waals surface area contributed by atoms with E-state index in [0.29, 0.717) is 19.3 Å². The first-order valence-corrected chi connectivity index (χ1v) is 24.0. The van der Waals surface area contributed by atoms with E-state index in [0.717, 1.165) is 64.2 Å². The highest BCUT2D eigenvalue weighted by Crippen LogP contribution is 2.15. The topological polar surface area (TPSA) is 78.9 Å². The highest BCUT2D eigenvalue weighted by Gasteiger charge is 2.19. The normalized spacial score (nSPS) is 12.3. The first-order chi connectivity index (χ1) is 27.5. The van der Waals surface area contributed by atoms with Gasteiger partial charge in [-0.15, -0.1) is 0 Å². The van der Waals surface area contributed by atoms with Crippen molar-refractivity contribution in [3.63, 3.8) is 0 Å². The Hall–Kier alpha value is -2.37. The van der Waals surface area contributed by atoms with Crippen LogP contribution in [0.3, 0.4) is 0 Å². The van der Waals surface area contributed by atoms with Crippen LogP contribution in [0.5, 0.6) is 0 Å². The predicted molar refractivity (Wildman–Crippen MR) is 238 cm³/mol. The van der Waals surface area contributed by atoms with Gasteiger partial charge in [0.15, 0.2) is 6.10 Å². The minimum atomic E-state index is -0.785. The van der Waals surface area contributed by atoms with Crippen molar-refractivity contribution in [1.29, 1.82) is 0 Å². The van der Waals surface area contributed by atoms with Gasteiger partial charge in [-0.3, -0.25) is 14.4 Å². The summed E-state index contributed by atoms with van der Waals surface area (Å²) in [6, 6.07) is 0. The molecule has 0 amide bonds. The van der Waals surface area contributed by atoms with Crippen LogP contribution in [0.15, 0.2) is 36.5 Å². The Morgan fingerprint density at radius 1 is 0.357 bits per heavy atom. The summed E-state index contributed by atoms with van der Waals surface area (Å²) in [6.45, 7) is 6.57. The van der Waals surface area contributed by atoms with E-state index in [4.69, 9.17) is 14.2 Å². The molecule has 0 saturated heterocycles. The number of rotatable bonds is 43. The third-order valence-electron chi connectivity index (χ3n) is 10.4. The average molecular weight is 787 g/mol. The Balaban J connectivity index is 4.42. The molecule has 6 heteroatoms. The molecule has 0 N–H and O–H groups in total. The molecule has 0 spiro atoms. The number of ether oxygens (including phenoxy) is 3. The number of hydrogen-bond acceptors (Lipinski definition) is 6. The van der Waals surface area contributed by atoms with Gasteiger partial charge in [-0.1, -0.05) is 205 Å². The van der Waals surface area contributed by atoms with E-state index >= 15 is 0 Å². The molecule has 0 aromatic rings. The fraction of sp³-hybridized carbons (Fsp3) is 0.820. The monoisotopic (exact) mass is 787 g/mol. The number of carbonyl (C=O) groups is 3. The molecule has 0 aromatic carbocycles. The molecule has 0 heterocycles. The van der Waals surface area contributed by atoms with Crippen molar-refractivity contribution in [2.75, 3.05) is 13.2 Å². The molecule has 0 bridgehead atoms. The summed E-state index contributed by atoms with van der Waals surface area (Å²) in [4.78, 5) is 37.8. The van der Waals surface area contributed by atoms with Gasteiger partial charge in [-0.2, -0.15) is 0 Å². The van der Waals surface area contributed by atoms with Crippen LogP contribution in [0.1, 0.15) is 245 Å². The zero-order chi connectivity index (χ0) is 40.8. The zero-order valence-corrected chi connectivity index (χ0v) is 37.2. The maximum absolute atomic E-state index is 12.7. The van der Waals surface area contributed by atoms with Crippen molar-refractivity contribution in [1.82, 2.24) is 0 Å². The van der Waals surface area contributed by atoms with Crippen LogP contribution in [-0.2, 0) is 28.6 Å². The van der Waals surface area contributed by atoms with E-state index in [2.05, 4.69) is 57.2 Å². The SMILES string of the molecule is CCCCC/C=C\C/C=C\C/C=C\CCCCC(=O)O[C@@H](COC(=O)CCCCCCCCCCCCC)COC(=O)CCCCCCCCCCCCCC. The highest BCUT2D eigenvalue weighted by atomic mass is 16.6. The van der Waals surface area contributed by atoms with Crippen LogP contribution in [0.4, 0.5) is 0 Å². The quantitative estimate of drug-likeness (QED) is 0.0265. The lowest BCUT2D eigenvalue weighted by Crippen LogP contribution is -2.30. The van der Waals surface area contributed by atoms with Crippen molar-refractivity contribution in [3.05, 3.63) is 36.5 Å². The highest BCUT2D eigenvalue weighted by molar-refractivity contribution is 5.71. The lowest BCUT2D eigenvalue weighted by atomic mass is 10.0. The molecule has 0 aliphatic heterocycles. The van der Waals surface area contributed by atoms with Gasteiger partial charge in [0.2, 0.25) is 0 Å². The summed E-state index contributed by atoms with van der Waals surface area (Å²) in [5.41, 5.74) is 0. The van der Waals surface area contributed by atoms with Crippen molar-refractivity contribution in [3.8, 4) is 0 Å². The first kappa shape index (κ1) is 53.6. The Bertz CT molecular complexity index is 953. The molecular weight excluding hydrogens is 697 g/mol. The number of unbranched alkanes of at least 4 members (excludes halogenated alkanes) is 26. The predicted octanol–water partition coefficient (Wildman–Crippen LogP) is 15.4. The summed E-state index contributed by atoms with van der Waals surface area (Å²) in [5, 5.41) is 0. The van der Waals surface area contributed by atoms with Gasteiger partial charge in [0, 0.05) is 19.3 Å². The van der Waals surface area contributed by atoms with Gasteiger partial charge in [0.25, 0.3) is 0 Å². The summed E-state index contributed by atoms with van der Waals surface area (Å²) < 4.78 is 16.7. The summed E-state index contributed by atoms with van der Waals surface area (Å²) in [6.07, 6.45) is 51.2. The lowest BCUT2D eigenvalue weighted by Gasteiger charge is -2.18. The molecule has 1 atom stereocenters. The third kappa shape index (κ3) is 42.8. The fourth-order valence-corrected chi connectivity index (χ4v) is 6.74. The molecule has 6 nitrogen and oxygen atoms in total. The van der Waals surface area contributed by atoms with E-state index in [1.165, 1.54) is 135 Å². The molecule has 0 saturated carbocycles. The molecule has 0 rings (SSSR count). The fourth-order valence-electron chi connectivity index (χ4n) is 6.74. The van der Waals surface area contributed by atoms with Crippen molar-refractivity contribution in [2.45, 2.75) is 252 Å². The maximum atomic E-state index is 12.7. The van der Waals surface area contributed by atoms with E-state index in [1.807, 2.05) is 0 Å². The molecular formula is C50H90O6. The molecule has 0 aromatic heterocycles. The summed E-state index contributed by atoms with van der Waals surface area (Å²) >= 11 is 0. The molecule has 0 radical (unpaired) electrons. The zero-order valence-electron chi connectivity index (χ0n) is 37.2. The van der Waals surface area contributed by atoms with Gasteiger partial charge >= 0.3 is 17.9 Å². The van der Waals surface area contributed by atoms with Crippen LogP contribution in [0.2, 0.25) is 0 Å². The first-order valence-electron chi connectivity index (χ1n) is 24.0. The van der Waals surface area contributed by atoms with E-state index in [9.17, 15) is 14.4 Å². The Kier molecular flexibility index (Phi) is 43.4. The van der Waals surface area contributed by atoms with E-state index in [1.54, 1.807) is 0 Å². The standard InChI is InChI=1S/C50H90O6/c1-4-7-10-13-16-19-22-24-25-26-29-32-35-38-41-44-50(53)56-47(45-54-48(51)42-39-36-33-30-27-21-18-15-12-9-6-3)46-55-49(52)43-40-37-34-31-28-23-20-17-14-11-8-5-2/h16,19,24-25,29,32,47H,4-15,17-18,20-23,26-28,30-31,33-46H2,1-3H3/b19-16-,25-24-,32-29-/t47-/m0/s1. The minimum Gasteiger partial charge on any atom is -0.462 e. The second kappa shape index (κ2) is 45.3. The van der Waals surface area contributed by atoms with E-state index in [-0.39, 0.29) is 37.5 Å². The van der Waals surface area contributed by atoms with Gasteiger partial charge < -0.3 is 14.2 Å². The molecule has 0 aliphatic rings. The van der Waals surface area contributed by atoms with Gasteiger partial charge in [0.05, 0.1) is 0 Å². The largest absolute Gasteiger partial charge is 0.462 e. The minimum absolute atomic E-state index is 0.0839. The Morgan fingerprint density at radius 2 is 0.643 bits per heavy atom. The van der Waals surface area contributed by atoms with Gasteiger partial charge in [-0.05, 0) is 57.8 Å².